The first-order valence-corrected chi connectivity index (χ1v) is 5.84. The fourth-order valence-electron chi connectivity index (χ4n) is 1.41. The maximum Gasteiger partial charge on any atom is 0.447 e. The second-order valence-electron chi connectivity index (χ2n) is 3.28. The second-order valence-corrected chi connectivity index (χ2v) is 4.79. The van der Waals surface area contributed by atoms with E-state index in [0.29, 0.717) is 16.1 Å². The van der Waals surface area contributed by atoms with Gasteiger partial charge >= 0.3 is 5.51 Å². The minimum absolute atomic E-state index is 0.0832. The summed E-state index contributed by atoms with van der Waals surface area (Å²) in [5.41, 5.74) is -3.09. The van der Waals surface area contributed by atoms with Crippen LogP contribution in [0, 0.1) is 0 Å². The summed E-state index contributed by atoms with van der Waals surface area (Å²) in [6, 6.07) is 8.27. The molecular formula is C11H7ClF3NS. The van der Waals surface area contributed by atoms with Crippen LogP contribution in [0.4, 0.5) is 13.2 Å². The molecule has 0 bridgehead atoms. The van der Waals surface area contributed by atoms with E-state index in [-0.39, 0.29) is 16.8 Å². The van der Waals surface area contributed by atoms with Crippen LogP contribution >= 0.6 is 23.4 Å². The monoisotopic (exact) mass is 277 g/mol. The van der Waals surface area contributed by atoms with Crippen molar-refractivity contribution in [2.45, 2.75) is 10.5 Å². The van der Waals surface area contributed by atoms with E-state index in [1.54, 1.807) is 30.3 Å². The van der Waals surface area contributed by atoms with Crippen molar-refractivity contribution in [2.24, 2.45) is 0 Å². The largest absolute Gasteiger partial charge is 0.447 e. The molecule has 0 amide bonds. The van der Waals surface area contributed by atoms with Gasteiger partial charge in [0.2, 0.25) is 0 Å². The van der Waals surface area contributed by atoms with E-state index in [2.05, 4.69) is 4.98 Å². The number of hydrogen-bond donors (Lipinski definition) is 1. The van der Waals surface area contributed by atoms with Crippen LogP contribution in [-0.2, 0) is 0 Å². The molecule has 0 spiro atoms. The molecular weight excluding hydrogens is 271 g/mol. The maximum atomic E-state index is 12.3. The predicted molar refractivity (Wildman–Crippen MR) is 63.2 cm³/mol. The molecule has 0 aliphatic rings. The van der Waals surface area contributed by atoms with Crippen molar-refractivity contribution < 1.29 is 13.2 Å². The Hall–Kier alpha value is -1.07. The summed E-state index contributed by atoms with van der Waals surface area (Å²) in [6.07, 6.45) is 1.48. The molecule has 0 atom stereocenters. The normalized spacial score (nSPS) is 11.8. The van der Waals surface area contributed by atoms with Gasteiger partial charge in [0.1, 0.15) is 0 Å². The third-order valence-corrected chi connectivity index (χ3v) is 3.11. The minimum atomic E-state index is -4.30. The Kier molecular flexibility index (Phi) is 3.40. The molecule has 0 aliphatic carbocycles. The zero-order valence-corrected chi connectivity index (χ0v) is 9.96. The highest BCUT2D eigenvalue weighted by molar-refractivity contribution is 8.00. The lowest BCUT2D eigenvalue weighted by Crippen LogP contribution is -1.99. The smallest absolute Gasteiger partial charge is 0.356 e. The van der Waals surface area contributed by atoms with Gasteiger partial charge in [0, 0.05) is 28.5 Å². The lowest BCUT2D eigenvalue weighted by Gasteiger charge is -2.06. The first kappa shape index (κ1) is 12.4. The van der Waals surface area contributed by atoms with Crippen molar-refractivity contribution in [1.82, 2.24) is 4.98 Å². The van der Waals surface area contributed by atoms with Gasteiger partial charge in [-0.1, -0.05) is 23.7 Å². The van der Waals surface area contributed by atoms with Crippen LogP contribution in [-0.4, -0.2) is 10.5 Å². The Bertz CT molecular complexity index is 504. The molecule has 0 saturated carbocycles. The van der Waals surface area contributed by atoms with Crippen LogP contribution in [0.25, 0.3) is 11.1 Å². The Balaban J connectivity index is 2.33. The number of benzene rings is 1. The Labute approximate surface area is 105 Å². The molecule has 0 radical (unpaired) electrons. The van der Waals surface area contributed by atoms with Gasteiger partial charge in [-0.05, 0) is 23.8 Å². The number of halogens is 4. The van der Waals surface area contributed by atoms with E-state index in [9.17, 15) is 13.2 Å². The molecule has 1 aromatic carbocycles. The van der Waals surface area contributed by atoms with Crippen LogP contribution in [0.1, 0.15) is 0 Å². The zero-order chi connectivity index (χ0) is 12.5. The average Bonchev–Trinajstić information content (AvgIpc) is 2.64. The van der Waals surface area contributed by atoms with E-state index in [1.807, 2.05) is 0 Å². The highest BCUT2D eigenvalue weighted by Gasteiger charge is 2.31. The lowest BCUT2D eigenvalue weighted by molar-refractivity contribution is -0.0329. The predicted octanol–water partition coefficient (Wildman–Crippen LogP) is 4.95. The summed E-state index contributed by atoms with van der Waals surface area (Å²) in [6.45, 7) is 0. The number of hydrogen-bond acceptors (Lipinski definition) is 1. The Morgan fingerprint density at radius 3 is 2.29 bits per heavy atom. The van der Waals surface area contributed by atoms with Crippen molar-refractivity contribution in [3.63, 3.8) is 0 Å². The standard InChI is InChI=1S/C11H7ClF3NS/c12-8-3-1-7(2-4-8)9-5-6-16-10(9)17-11(13,14)15/h1-6,16H. The van der Waals surface area contributed by atoms with Gasteiger partial charge in [-0.3, -0.25) is 0 Å². The van der Waals surface area contributed by atoms with Gasteiger partial charge in [-0.25, -0.2) is 0 Å². The minimum Gasteiger partial charge on any atom is -0.356 e. The number of alkyl halides is 3. The summed E-state index contributed by atoms with van der Waals surface area (Å²) in [4.78, 5) is 2.59. The Morgan fingerprint density at radius 2 is 1.71 bits per heavy atom. The highest BCUT2D eigenvalue weighted by atomic mass is 35.5. The zero-order valence-electron chi connectivity index (χ0n) is 8.38. The SMILES string of the molecule is FC(F)(F)Sc1[nH]ccc1-c1ccc(Cl)cc1. The number of rotatable bonds is 2. The molecule has 0 saturated heterocycles. The quantitative estimate of drug-likeness (QED) is 0.768. The summed E-state index contributed by atoms with van der Waals surface area (Å²) >= 11 is 5.57. The lowest BCUT2D eigenvalue weighted by atomic mass is 10.1. The fourth-order valence-corrected chi connectivity index (χ4v) is 2.19. The molecule has 2 aromatic rings. The van der Waals surface area contributed by atoms with Crippen LogP contribution in [0.5, 0.6) is 0 Å². The molecule has 6 heteroatoms. The van der Waals surface area contributed by atoms with E-state index in [0.717, 1.165) is 0 Å². The van der Waals surface area contributed by atoms with Crippen LogP contribution in [0.2, 0.25) is 5.02 Å². The Morgan fingerprint density at radius 1 is 1.06 bits per heavy atom. The number of aromatic amines is 1. The van der Waals surface area contributed by atoms with E-state index >= 15 is 0 Å². The van der Waals surface area contributed by atoms with Crippen LogP contribution in [0.15, 0.2) is 41.6 Å². The van der Waals surface area contributed by atoms with Crippen molar-refractivity contribution in [1.29, 1.82) is 0 Å². The van der Waals surface area contributed by atoms with Crippen molar-refractivity contribution in [3.8, 4) is 11.1 Å². The average molecular weight is 278 g/mol. The molecule has 1 heterocycles. The van der Waals surface area contributed by atoms with Crippen LogP contribution in [0.3, 0.4) is 0 Å². The first-order chi connectivity index (χ1) is 7.96. The molecule has 1 nitrogen and oxygen atoms in total. The molecule has 17 heavy (non-hydrogen) atoms. The van der Waals surface area contributed by atoms with Crippen molar-refractivity contribution in [2.75, 3.05) is 0 Å². The number of thioether (sulfide) groups is 1. The fraction of sp³-hybridized carbons (Fsp3) is 0.0909. The van der Waals surface area contributed by atoms with Gasteiger partial charge in [-0.2, -0.15) is 13.2 Å². The third kappa shape index (κ3) is 3.20. The molecule has 0 fully saturated rings. The molecule has 0 aliphatic heterocycles. The molecule has 1 aromatic heterocycles. The number of nitrogens with one attached hydrogen (secondary N) is 1. The molecule has 2 rings (SSSR count). The van der Waals surface area contributed by atoms with E-state index in [1.165, 1.54) is 6.20 Å². The van der Waals surface area contributed by atoms with Crippen molar-refractivity contribution >= 4 is 23.4 Å². The summed E-state index contributed by atoms with van der Waals surface area (Å²) in [5.74, 6) is 0. The van der Waals surface area contributed by atoms with Gasteiger partial charge in [-0.15, -0.1) is 0 Å². The summed E-state index contributed by atoms with van der Waals surface area (Å²) in [5, 5.41) is 0.633. The first-order valence-electron chi connectivity index (χ1n) is 4.65. The van der Waals surface area contributed by atoms with Crippen molar-refractivity contribution in [3.05, 3.63) is 41.6 Å². The number of H-pyrrole nitrogens is 1. The van der Waals surface area contributed by atoms with E-state index in [4.69, 9.17) is 11.6 Å². The second kappa shape index (κ2) is 4.66. The van der Waals surface area contributed by atoms with Gasteiger partial charge in [0.25, 0.3) is 0 Å². The van der Waals surface area contributed by atoms with Gasteiger partial charge < -0.3 is 4.98 Å². The maximum absolute atomic E-state index is 12.3. The van der Waals surface area contributed by atoms with Crippen LogP contribution < -0.4 is 0 Å². The highest BCUT2D eigenvalue weighted by Crippen LogP contribution is 2.40. The third-order valence-electron chi connectivity index (χ3n) is 2.08. The number of aromatic nitrogens is 1. The van der Waals surface area contributed by atoms with Gasteiger partial charge in [0.05, 0.1) is 5.03 Å². The topological polar surface area (TPSA) is 15.8 Å². The summed E-state index contributed by atoms with van der Waals surface area (Å²) < 4.78 is 36.9. The molecule has 0 unspecified atom stereocenters. The summed E-state index contributed by atoms with van der Waals surface area (Å²) in [7, 11) is 0. The molecule has 1 N–H and O–H groups in total. The molecule has 90 valence electrons. The van der Waals surface area contributed by atoms with Gasteiger partial charge in [0.15, 0.2) is 0 Å². The van der Waals surface area contributed by atoms with E-state index < -0.39 is 5.51 Å².